The lowest BCUT2D eigenvalue weighted by Crippen LogP contribution is -2.28. The third kappa shape index (κ3) is 3.96. The smallest absolute Gasteiger partial charge is 0.295 e. The molecule has 2 heterocycles. The highest BCUT2D eigenvalue weighted by atomic mass is 35.5. The summed E-state index contributed by atoms with van der Waals surface area (Å²) < 4.78 is 5.35. The Morgan fingerprint density at radius 1 is 1.16 bits per heavy atom. The van der Waals surface area contributed by atoms with Gasteiger partial charge in [0.1, 0.15) is 11.5 Å². The maximum atomic E-state index is 13.1. The highest BCUT2D eigenvalue weighted by Crippen LogP contribution is 2.42. The van der Waals surface area contributed by atoms with Crippen molar-refractivity contribution in [1.82, 2.24) is 4.90 Å². The number of ketones is 1. The van der Waals surface area contributed by atoms with E-state index in [-0.39, 0.29) is 23.4 Å². The number of aliphatic hydroxyl groups excluding tert-OH is 1. The van der Waals surface area contributed by atoms with Crippen molar-refractivity contribution in [3.8, 4) is 5.75 Å². The molecule has 1 N–H and O–H groups in total. The summed E-state index contributed by atoms with van der Waals surface area (Å²) in [4.78, 5) is 28.6. The predicted molar refractivity (Wildman–Crippen MR) is 121 cm³/mol. The number of nitrogens with zero attached hydrogens (tertiary/aromatic N) is 1. The highest BCUT2D eigenvalue weighted by Gasteiger charge is 2.46. The van der Waals surface area contributed by atoms with Crippen LogP contribution in [0.5, 0.6) is 5.75 Å². The van der Waals surface area contributed by atoms with Crippen molar-refractivity contribution in [2.24, 2.45) is 0 Å². The van der Waals surface area contributed by atoms with Gasteiger partial charge in [-0.2, -0.15) is 0 Å². The molecule has 7 heteroatoms. The highest BCUT2D eigenvalue weighted by molar-refractivity contribution is 7.09. The minimum absolute atomic E-state index is 0.0210. The summed E-state index contributed by atoms with van der Waals surface area (Å²) in [5.74, 6) is -1.34. The molecular weight excluding hydrogens is 434 g/mol. The summed E-state index contributed by atoms with van der Waals surface area (Å²) in [6.07, 6.45) is 0. The van der Waals surface area contributed by atoms with Crippen LogP contribution in [0.25, 0.3) is 5.76 Å². The molecule has 1 aliphatic heterocycles. The van der Waals surface area contributed by atoms with Crippen LogP contribution < -0.4 is 4.74 Å². The van der Waals surface area contributed by atoms with Crippen LogP contribution in [0.15, 0.2) is 65.6 Å². The standard InChI is InChI=1S/C24H20ClNO4S/c1-14-5-3-6-15(11-14)21-20(22(27)18-12-16(25)8-9-19(18)30-2)23(28)24(29)26(21)13-17-7-4-10-31-17/h3-12,21,27H,13H2,1-2H3/b22-20+. The number of aryl methyl sites for hydroxylation is 1. The van der Waals surface area contributed by atoms with E-state index in [4.69, 9.17) is 16.3 Å². The van der Waals surface area contributed by atoms with Crippen LogP contribution in [0.1, 0.15) is 27.6 Å². The Morgan fingerprint density at radius 2 is 1.97 bits per heavy atom. The van der Waals surface area contributed by atoms with Gasteiger partial charge in [-0.15, -0.1) is 11.3 Å². The Bertz CT molecular complexity index is 1190. The quantitative estimate of drug-likeness (QED) is 0.321. The maximum absolute atomic E-state index is 13.1. The average molecular weight is 454 g/mol. The van der Waals surface area contributed by atoms with E-state index in [2.05, 4.69) is 0 Å². The first kappa shape index (κ1) is 21.2. The van der Waals surface area contributed by atoms with Crippen LogP contribution in [-0.2, 0) is 16.1 Å². The summed E-state index contributed by atoms with van der Waals surface area (Å²) in [5, 5.41) is 13.5. The first-order chi connectivity index (χ1) is 14.9. The molecule has 0 aliphatic carbocycles. The van der Waals surface area contributed by atoms with Gasteiger partial charge >= 0.3 is 0 Å². The van der Waals surface area contributed by atoms with E-state index in [1.807, 2.05) is 48.7 Å². The molecule has 1 saturated heterocycles. The predicted octanol–water partition coefficient (Wildman–Crippen LogP) is 5.34. The first-order valence-electron chi connectivity index (χ1n) is 9.62. The van der Waals surface area contributed by atoms with Crippen LogP contribution in [0.3, 0.4) is 0 Å². The molecule has 1 aliphatic rings. The van der Waals surface area contributed by atoms with Crippen molar-refractivity contribution in [3.63, 3.8) is 0 Å². The number of ether oxygens (including phenoxy) is 1. The fraction of sp³-hybridized carbons (Fsp3) is 0.167. The Kier molecular flexibility index (Phi) is 5.85. The molecule has 0 saturated carbocycles. The minimum Gasteiger partial charge on any atom is -0.507 e. The minimum atomic E-state index is -0.734. The molecule has 1 aromatic heterocycles. The molecule has 0 spiro atoms. The summed E-state index contributed by atoms with van der Waals surface area (Å²) in [6, 6.07) is 15.4. The molecule has 1 unspecified atom stereocenters. The number of halogens is 1. The normalized spacial score (nSPS) is 17.9. The lowest BCUT2D eigenvalue weighted by molar-refractivity contribution is -0.140. The average Bonchev–Trinajstić information content (AvgIpc) is 3.35. The Labute approximate surface area is 189 Å². The van der Waals surface area contributed by atoms with E-state index in [0.717, 1.165) is 16.0 Å². The summed E-state index contributed by atoms with van der Waals surface area (Å²) >= 11 is 7.64. The molecule has 5 nitrogen and oxygen atoms in total. The van der Waals surface area contributed by atoms with E-state index in [9.17, 15) is 14.7 Å². The van der Waals surface area contributed by atoms with Gasteiger partial charge in [-0.3, -0.25) is 9.59 Å². The second kappa shape index (κ2) is 8.57. The fourth-order valence-electron chi connectivity index (χ4n) is 3.81. The molecule has 0 bridgehead atoms. The zero-order valence-electron chi connectivity index (χ0n) is 17.0. The van der Waals surface area contributed by atoms with Gasteiger partial charge in [0.05, 0.1) is 30.8 Å². The number of hydrogen-bond donors (Lipinski definition) is 1. The third-order valence-corrected chi connectivity index (χ3v) is 6.32. The van der Waals surface area contributed by atoms with Gasteiger partial charge in [0.15, 0.2) is 0 Å². The van der Waals surface area contributed by atoms with E-state index in [1.54, 1.807) is 12.1 Å². The molecule has 1 amide bonds. The van der Waals surface area contributed by atoms with Gasteiger partial charge in [0, 0.05) is 9.90 Å². The van der Waals surface area contributed by atoms with E-state index in [1.165, 1.54) is 29.4 Å². The lowest BCUT2D eigenvalue weighted by atomic mass is 9.94. The number of methoxy groups -OCH3 is 1. The van der Waals surface area contributed by atoms with Gasteiger partial charge in [0.2, 0.25) is 0 Å². The topological polar surface area (TPSA) is 66.8 Å². The first-order valence-corrected chi connectivity index (χ1v) is 10.9. The van der Waals surface area contributed by atoms with Crippen molar-refractivity contribution in [1.29, 1.82) is 0 Å². The number of rotatable bonds is 5. The van der Waals surface area contributed by atoms with Gasteiger partial charge in [-0.25, -0.2) is 0 Å². The number of carbonyl (C=O) groups excluding carboxylic acids is 2. The Hall–Kier alpha value is -3.09. The maximum Gasteiger partial charge on any atom is 0.295 e. The zero-order valence-corrected chi connectivity index (χ0v) is 18.5. The van der Waals surface area contributed by atoms with Crippen LogP contribution in [0.4, 0.5) is 0 Å². The Balaban J connectivity index is 1.92. The number of hydrogen-bond acceptors (Lipinski definition) is 5. The van der Waals surface area contributed by atoms with E-state index in [0.29, 0.717) is 10.8 Å². The fourth-order valence-corrected chi connectivity index (χ4v) is 4.69. The molecule has 158 valence electrons. The van der Waals surface area contributed by atoms with Crippen molar-refractivity contribution >= 4 is 40.4 Å². The third-order valence-electron chi connectivity index (χ3n) is 5.22. The zero-order chi connectivity index (χ0) is 22.1. The second-order valence-electron chi connectivity index (χ2n) is 7.27. The lowest BCUT2D eigenvalue weighted by Gasteiger charge is -2.25. The van der Waals surface area contributed by atoms with Crippen LogP contribution >= 0.6 is 22.9 Å². The van der Waals surface area contributed by atoms with Crippen LogP contribution in [-0.4, -0.2) is 28.8 Å². The molecule has 31 heavy (non-hydrogen) atoms. The van der Waals surface area contributed by atoms with Crippen molar-refractivity contribution in [3.05, 3.63) is 92.1 Å². The molecule has 4 rings (SSSR count). The molecule has 1 fully saturated rings. The van der Waals surface area contributed by atoms with E-state index < -0.39 is 17.7 Å². The number of Topliss-reactive ketones (excluding diaryl/α,β-unsaturated/α-hetero) is 1. The Morgan fingerprint density at radius 3 is 2.65 bits per heavy atom. The number of likely N-dealkylation sites (tertiary alicyclic amines) is 1. The van der Waals surface area contributed by atoms with Gasteiger partial charge in [0.25, 0.3) is 11.7 Å². The largest absolute Gasteiger partial charge is 0.507 e. The van der Waals surface area contributed by atoms with Crippen molar-refractivity contribution in [2.45, 2.75) is 19.5 Å². The molecular formula is C24H20ClNO4S. The number of carbonyl (C=O) groups is 2. The van der Waals surface area contributed by atoms with Gasteiger partial charge in [-0.1, -0.05) is 47.5 Å². The second-order valence-corrected chi connectivity index (χ2v) is 8.73. The van der Waals surface area contributed by atoms with Gasteiger partial charge in [-0.05, 0) is 42.1 Å². The number of benzene rings is 2. The van der Waals surface area contributed by atoms with Crippen LogP contribution in [0, 0.1) is 6.92 Å². The summed E-state index contributed by atoms with van der Waals surface area (Å²) in [7, 11) is 1.47. The molecule has 2 aromatic carbocycles. The molecule has 1 atom stereocenters. The van der Waals surface area contributed by atoms with E-state index >= 15 is 0 Å². The number of amides is 1. The van der Waals surface area contributed by atoms with Gasteiger partial charge < -0.3 is 14.7 Å². The molecule has 3 aromatic rings. The monoisotopic (exact) mass is 453 g/mol. The SMILES string of the molecule is COc1ccc(Cl)cc1/C(O)=C1\C(=O)C(=O)N(Cc2cccs2)C1c1cccc(C)c1. The van der Waals surface area contributed by atoms with Crippen molar-refractivity contribution in [2.75, 3.05) is 7.11 Å². The summed E-state index contributed by atoms with van der Waals surface area (Å²) in [6.45, 7) is 2.21. The van der Waals surface area contributed by atoms with Crippen molar-refractivity contribution < 1.29 is 19.4 Å². The number of thiophene rings is 1. The summed E-state index contributed by atoms with van der Waals surface area (Å²) in [5.41, 5.74) is 2.02. The molecule has 0 radical (unpaired) electrons. The van der Waals surface area contributed by atoms with Crippen LogP contribution in [0.2, 0.25) is 5.02 Å². The number of aliphatic hydroxyl groups is 1.